The van der Waals surface area contributed by atoms with Gasteiger partial charge in [-0.3, -0.25) is 4.79 Å². The van der Waals surface area contributed by atoms with Gasteiger partial charge in [0.05, 0.1) is 30.0 Å². The Hall–Kier alpha value is -3.73. The van der Waals surface area contributed by atoms with Crippen LogP contribution in [-0.2, 0) is 24.1 Å². The number of unbranched alkanes of at least 4 members (excludes halogenated alkanes) is 2. The van der Waals surface area contributed by atoms with Crippen LogP contribution >= 0.6 is 0 Å². The molecule has 0 bridgehead atoms. The number of methoxy groups -OCH3 is 1. The maximum Gasteiger partial charge on any atom is 0.407 e. The first kappa shape index (κ1) is 32.2. The molecule has 1 saturated heterocycles. The van der Waals surface area contributed by atoms with Gasteiger partial charge in [-0.2, -0.15) is 0 Å². The summed E-state index contributed by atoms with van der Waals surface area (Å²) < 4.78 is 36.7. The minimum absolute atomic E-state index is 0.0633. The second-order valence-corrected chi connectivity index (χ2v) is 12.9. The smallest absolute Gasteiger partial charge is 0.407 e. The third kappa shape index (κ3) is 9.38. The second-order valence-electron chi connectivity index (χ2n) is 10.9. The number of rotatable bonds is 14. The minimum atomic E-state index is -3.50. The summed E-state index contributed by atoms with van der Waals surface area (Å²) in [5.41, 5.74) is 8.06. The van der Waals surface area contributed by atoms with Crippen LogP contribution in [0.25, 0.3) is 0 Å². The molecule has 1 aliphatic heterocycles. The Morgan fingerprint density at radius 1 is 0.907 bits per heavy atom. The molecule has 9 nitrogen and oxygen atoms in total. The summed E-state index contributed by atoms with van der Waals surface area (Å²) in [5, 5.41) is 6.09. The fourth-order valence-electron chi connectivity index (χ4n) is 5.50. The van der Waals surface area contributed by atoms with E-state index >= 15 is 0 Å². The highest BCUT2D eigenvalue weighted by Crippen LogP contribution is 2.30. The molecule has 3 aromatic carbocycles. The van der Waals surface area contributed by atoms with E-state index in [4.69, 9.17) is 15.2 Å². The lowest BCUT2D eigenvalue weighted by Gasteiger charge is -2.31. The number of benzene rings is 3. The quantitative estimate of drug-likeness (QED) is 0.180. The average Bonchev–Trinajstić information content (AvgIpc) is 3.01. The van der Waals surface area contributed by atoms with Gasteiger partial charge in [0.2, 0.25) is 0 Å². The number of anilines is 1. The van der Waals surface area contributed by atoms with E-state index in [9.17, 15) is 18.0 Å². The van der Waals surface area contributed by atoms with Crippen LogP contribution in [0.1, 0.15) is 49.1 Å². The standard InChI is InChI=1S/C33H41N3O6S/c1-41-33(38)36-32(31(24-11-5-2-6-12-24)25-13-7-3-8-14-25)30(37)16-10-4-9-15-27-21-35-22-28(42-27)23-43(39,40)29-19-17-26(34)18-20-29/h2-3,5-8,11-14,17-20,27-28,31-32,35H,4,9-10,15-16,21-23,34H2,1H3,(H,36,38)/t27?,28-,32+/m0/s1. The lowest BCUT2D eigenvalue weighted by molar-refractivity contribution is -0.121. The zero-order chi connectivity index (χ0) is 30.7. The molecule has 0 radical (unpaired) electrons. The number of morpholine rings is 1. The zero-order valence-electron chi connectivity index (χ0n) is 24.5. The molecule has 230 valence electrons. The van der Waals surface area contributed by atoms with Crippen molar-refractivity contribution in [2.24, 2.45) is 0 Å². The SMILES string of the molecule is COC(=O)N[C@H](C(=O)CCCCCC1CNC[C@@H](CS(=O)(=O)c2ccc(N)cc2)O1)C(c1ccccc1)c1ccccc1. The maximum atomic E-state index is 13.6. The first-order valence-electron chi connectivity index (χ1n) is 14.7. The highest BCUT2D eigenvalue weighted by molar-refractivity contribution is 7.91. The molecular formula is C33H41N3O6S. The molecule has 3 aromatic rings. The fourth-order valence-corrected chi connectivity index (χ4v) is 6.92. The summed E-state index contributed by atoms with van der Waals surface area (Å²) in [6.07, 6.45) is 2.14. The molecule has 1 heterocycles. The Kier molecular flexibility index (Phi) is 11.7. The number of Topliss-reactive ketones (excluding diaryl/α,β-unsaturated/α-hetero) is 1. The third-order valence-corrected chi connectivity index (χ3v) is 9.48. The lowest BCUT2D eigenvalue weighted by Crippen LogP contribution is -2.47. The molecule has 1 unspecified atom stereocenters. The molecule has 0 saturated carbocycles. The molecule has 1 aliphatic rings. The number of carbonyl (C=O) groups is 2. The van der Waals surface area contributed by atoms with Gasteiger partial charge in [-0.05, 0) is 48.2 Å². The number of hydrogen-bond acceptors (Lipinski definition) is 8. The summed E-state index contributed by atoms with van der Waals surface area (Å²) in [6, 6.07) is 24.8. The molecule has 0 spiro atoms. The van der Waals surface area contributed by atoms with Gasteiger partial charge in [0, 0.05) is 31.1 Å². The molecule has 4 N–H and O–H groups in total. The van der Waals surface area contributed by atoms with Crippen LogP contribution in [0.3, 0.4) is 0 Å². The van der Waals surface area contributed by atoms with Crippen LogP contribution in [0.4, 0.5) is 10.5 Å². The minimum Gasteiger partial charge on any atom is -0.453 e. The molecule has 1 fully saturated rings. The van der Waals surface area contributed by atoms with Crippen molar-refractivity contribution in [1.82, 2.24) is 10.6 Å². The van der Waals surface area contributed by atoms with Gasteiger partial charge >= 0.3 is 6.09 Å². The van der Waals surface area contributed by atoms with Gasteiger partial charge in [0.15, 0.2) is 15.6 Å². The van der Waals surface area contributed by atoms with Crippen molar-refractivity contribution in [3.05, 3.63) is 96.1 Å². The van der Waals surface area contributed by atoms with Gasteiger partial charge in [0.25, 0.3) is 0 Å². The zero-order valence-corrected chi connectivity index (χ0v) is 25.3. The van der Waals surface area contributed by atoms with Crippen molar-refractivity contribution < 1.29 is 27.5 Å². The first-order chi connectivity index (χ1) is 20.8. The number of ketones is 1. The number of sulfone groups is 1. The van der Waals surface area contributed by atoms with Crippen molar-refractivity contribution >= 4 is 27.4 Å². The van der Waals surface area contributed by atoms with Crippen molar-refractivity contribution in [1.29, 1.82) is 0 Å². The number of nitrogen functional groups attached to an aromatic ring is 1. The predicted octanol–water partition coefficient (Wildman–Crippen LogP) is 4.48. The number of alkyl carbamates (subject to hydrolysis) is 1. The second kappa shape index (κ2) is 15.7. The molecule has 4 rings (SSSR count). The van der Waals surface area contributed by atoms with Gasteiger partial charge < -0.3 is 25.8 Å². The van der Waals surface area contributed by atoms with Crippen LogP contribution < -0.4 is 16.4 Å². The molecule has 3 atom stereocenters. The third-order valence-electron chi connectivity index (χ3n) is 7.68. The Morgan fingerprint density at radius 2 is 1.51 bits per heavy atom. The highest BCUT2D eigenvalue weighted by Gasteiger charge is 2.32. The summed E-state index contributed by atoms with van der Waals surface area (Å²) in [5.74, 6) is -0.531. The van der Waals surface area contributed by atoms with Crippen molar-refractivity contribution in [3.8, 4) is 0 Å². The summed E-state index contributed by atoms with van der Waals surface area (Å²) in [6.45, 7) is 1.12. The summed E-state index contributed by atoms with van der Waals surface area (Å²) >= 11 is 0. The highest BCUT2D eigenvalue weighted by atomic mass is 32.2. The number of carbonyl (C=O) groups excluding carboxylic acids is 2. The van der Waals surface area contributed by atoms with Gasteiger partial charge in [-0.25, -0.2) is 13.2 Å². The topological polar surface area (TPSA) is 137 Å². The molecule has 0 aliphatic carbocycles. The Balaban J connectivity index is 1.30. The van der Waals surface area contributed by atoms with Crippen LogP contribution in [-0.4, -0.2) is 64.5 Å². The fraction of sp³-hybridized carbons (Fsp3) is 0.394. The number of ether oxygens (including phenoxy) is 2. The van der Waals surface area contributed by atoms with Crippen molar-refractivity contribution in [2.45, 2.75) is 61.2 Å². The van der Waals surface area contributed by atoms with Gasteiger partial charge in [0.1, 0.15) is 6.04 Å². The van der Waals surface area contributed by atoms with E-state index in [-0.39, 0.29) is 28.5 Å². The summed E-state index contributed by atoms with van der Waals surface area (Å²) in [4.78, 5) is 26.1. The van der Waals surface area contributed by atoms with Crippen LogP contribution in [0, 0.1) is 0 Å². The van der Waals surface area contributed by atoms with Crippen LogP contribution in [0.5, 0.6) is 0 Å². The normalized spacial score (nSPS) is 17.7. The van der Waals surface area contributed by atoms with E-state index in [1.807, 2.05) is 60.7 Å². The largest absolute Gasteiger partial charge is 0.453 e. The molecule has 43 heavy (non-hydrogen) atoms. The number of nitrogens with two attached hydrogens (primary N) is 1. The molecule has 0 aromatic heterocycles. The van der Waals surface area contributed by atoms with E-state index in [1.54, 1.807) is 12.1 Å². The van der Waals surface area contributed by atoms with Crippen molar-refractivity contribution in [2.75, 3.05) is 31.7 Å². The summed E-state index contributed by atoms with van der Waals surface area (Å²) in [7, 11) is -2.21. The van der Waals surface area contributed by atoms with E-state index in [0.29, 0.717) is 31.6 Å². The van der Waals surface area contributed by atoms with Crippen molar-refractivity contribution in [3.63, 3.8) is 0 Å². The first-order valence-corrected chi connectivity index (χ1v) is 16.3. The van der Waals surface area contributed by atoms with Crippen LogP contribution in [0.15, 0.2) is 89.8 Å². The monoisotopic (exact) mass is 607 g/mol. The average molecular weight is 608 g/mol. The molecule has 10 heteroatoms. The van der Waals surface area contributed by atoms with E-state index in [1.165, 1.54) is 19.2 Å². The molecule has 1 amide bonds. The Morgan fingerprint density at radius 3 is 2.12 bits per heavy atom. The maximum absolute atomic E-state index is 13.6. The van der Waals surface area contributed by atoms with Crippen LogP contribution in [0.2, 0.25) is 0 Å². The number of hydrogen-bond donors (Lipinski definition) is 3. The molecular weight excluding hydrogens is 566 g/mol. The van der Waals surface area contributed by atoms with Gasteiger partial charge in [-0.1, -0.05) is 73.5 Å². The van der Waals surface area contributed by atoms with E-state index in [0.717, 1.165) is 30.4 Å². The predicted molar refractivity (Wildman–Crippen MR) is 167 cm³/mol. The van der Waals surface area contributed by atoms with E-state index < -0.39 is 28.1 Å². The Bertz CT molecular complexity index is 1380. The Labute approximate surface area is 254 Å². The van der Waals surface area contributed by atoms with E-state index in [2.05, 4.69) is 10.6 Å². The lowest BCUT2D eigenvalue weighted by atomic mass is 9.82. The number of nitrogens with one attached hydrogen (secondary N) is 2. The number of amides is 1. The van der Waals surface area contributed by atoms with Gasteiger partial charge in [-0.15, -0.1) is 0 Å².